The van der Waals surface area contributed by atoms with Crippen LogP contribution in [0.1, 0.15) is 0 Å². The largest absolute Gasteiger partial charge is 0.508 e. The van der Waals surface area contributed by atoms with Crippen LogP contribution >= 0.6 is 0 Å². The molecule has 7 heteroatoms. The topological polar surface area (TPSA) is 131 Å². The summed E-state index contributed by atoms with van der Waals surface area (Å²) in [6, 6.07) is 8.67. The van der Waals surface area contributed by atoms with Crippen LogP contribution < -0.4 is 5.43 Å². The van der Waals surface area contributed by atoms with E-state index >= 15 is 0 Å². The third-order valence-electron chi connectivity index (χ3n) is 4.15. The SMILES string of the molecule is O=c1cc2oc3cc(O)c(O)cc3c(-c3ccc(O)cc3O)c-2cc1O. The molecule has 130 valence electrons. The molecule has 0 radical (unpaired) electrons. The molecule has 5 N–H and O–H groups in total. The fraction of sp³-hybridized carbons (Fsp3) is 0. The van der Waals surface area contributed by atoms with Crippen LogP contribution in [-0.4, -0.2) is 25.5 Å². The average Bonchev–Trinajstić information content (AvgIpc) is 2.57. The number of phenolic OH excluding ortho intramolecular Hbond substituents is 5. The Balaban J connectivity index is 2.25. The van der Waals surface area contributed by atoms with Gasteiger partial charge in [-0.3, -0.25) is 4.79 Å². The summed E-state index contributed by atoms with van der Waals surface area (Å²) in [6.45, 7) is 0. The van der Waals surface area contributed by atoms with Crippen LogP contribution in [0.2, 0.25) is 0 Å². The molecule has 0 saturated heterocycles. The predicted molar refractivity (Wildman–Crippen MR) is 92.9 cm³/mol. The summed E-state index contributed by atoms with van der Waals surface area (Å²) in [5.74, 6) is -1.61. The molecule has 1 aliphatic heterocycles. The van der Waals surface area contributed by atoms with Crippen molar-refractivity contribution >= 4 is 11.0 Å². The quantitative estimate of drug-likeness (QED) is 0.263. The summed E-state index contributed by atoms with van der Waals surface area (Å²) in [5.41, 5.74) is 0.437. The molecule has 4 rings (SSSR count). The first kappa shape index (κ1) is 15.6. The Morgan fingerprint density at radius 1 is 0.692 bits per heavy atom. The van der Waals surface area contributed by atoms with Gasteiger partial charge in [0.1, 0.15) is 22.8 Å². The zero-order valence-electron chi connectivity index (χ0n) is 13.1. The molecule has 0 atom stereocenters. The Labute approximate surface area is 145 Å². The van der Waals surface area contributed by atoms with Gasteiger partial charge in [-0.05, 0) is 24.3 Å². The van der Waals surface area contributed by atoms with Gasteiger partial charge in [-0.15, -0.1) is 0 Å². The van der Waals surface area contributed by atoms with E-state index in [0.29, 0.717) is 16.5 Å². The van der Waals surface area contributed by atoms with Crippen molar-refractivity contribution in [2.24, 2.45) is 0 Å². The third-order valence-corrected chi connectivity index (χ3v) is 4.15. The minimum Gasteiger partial charge on any atom is -0.508 e. The number of rotatable bonds is 1. The normalized spacial score (nSPS) is 11.2. The van der Waals surface area contributed by atoms with E-state index in [4.69, 9.17) is 4.42 Å². The maximum Gasteiger partial charge on any atom is 0.223 e. The van der Waals surface area contributed by atoms with Crippen molar-refractivity contribution in [1.82, 2.24) is 0 Å². The minimum absolute atomic E-state index is 0.118. The molecule has 1 heterocycles. The first-order valence-electron chi connectivity index (χ1n) is 7.53. The second-order valence-electron chi connectivity index (χ2n) is 5.83. The molecule has 2 aromatic carbocycles. The summed E-state index contributed by atoms with van der Waals surface area (Å²) in [6.07, 6.45) is 0. The van der Waals surface area contributed by atoms with Crippen molar-refractivity contribution in [3.63, 3.8) is 0 Å². The summed E-state index contributed by atoms with van der Waals surface area (Å²) >= 11 is 0. The Bertz CT molecular complexity index is 1210. The zero-order valence-corrected chi connectivity index (χ0v) is 13.1. The van der Waals surface area contributed by atoms with Crippen LogP contribution in [0.15, 0.2) is 51.7 Å². The highest BCUT2D eigenvalue weighted by Crippen LogP contribution is 2.46. The van der Waals surface area contributed by atoms with Gasteiger partial charge in [-0.2, -0.15) is 0 Å². The zero-order chi connectivity index (χ0) is 18.6. The monoisotopic (exact) mass is 352 g/mol. The molecule has 0 saturated carbocycles. The lowest BCUT2D eigenvalue weighted by Gasteiger charge is -2.16. The first-order chi connectivity index (χ1) is 12.3. The molecule has 0 fully saturated rings. The fourth-order valence-electron chi connectivity index (χ4n) is 2.95. The van der Waals surface area contributed by atoms with Crippen LogP contribution in [-0.2, 0) is 0 Å². The van der Waals surface area contributed by atoms with E-state index in [1.54, 1.807) is 0 Å². The number of hydrogen-bond donors (Lipinski definition) is 5. The number of hydrogen-bond acceptors (Lipinski definition) is 7. The third kappa shape index (κ3) is 2.26. The van der Waals surface area contributed by atoms with E-state index in [-0.39, 0.29) is 28.4 Å². The molecule has 7 nitrogen and oxygen atoms in total. The number of fused-ring (bicyclic) bond motifs is 2. The van der Waals surface area contributed by atoms with Crippen molar-refractivity contribution in [3.8, 4) is 51.2 Å². The first-order valence-corrected chi connectivity index (χ1v) is 7.53. The van der Waals surface area contributed by atoms with Gasteiger partial charge in [0.2, 0.25) is 5.43 Å². The summed E-state index contributed by atoms with van der Waals surface area (Å²) < 4.78 is 5.63. The van der Waals surface area contributed by atoms with Gasteiger partial charge in [0.05, 0.1) is 0 Å². The van der Waals surface area contributed by atoms with Crippen LogP contribution in [0, 0.1) is 0 Å². The minimum atomic E-state index is -0.649. The Morgan fingerprint density at radius 2 is 1.42 bits per heavy atom. The van der Waals surface area contributed by atoms with Gasteiger partial charge in [0.25, 0.3) is 0 Å². The van der Waals surface area contributed by atoms with Crippen molar-refractivity contribution in [1.29, 1.82) is 0 Å². The van der Waals surface area contributed by atoms with Gasteiger partial charge < -0.3 is 29.9 Å². The molecular formula is C19H12O7. The predicted octanol–water partition coefficient (Wildman–Crippen LogP) is 3.09. The lowest BCUT2D eigenvalue weighted by molar-refractivity contribution is 0.404. The summed E-state index contributed by atoms with van der Waals surface area (Å²) in [7, 11) is 0. The average molecular weight is 352 g/mol. The van der Waals surface area contributed by atoms with Crippen molar-refractivity contribution in [2.45, 2.75) is 0 Å². The molecule has 26 heavy (non-hydrogen) atoms. The van der Waals surface area contributed by atoms with E-state index in [2.05, 4.69) is 0 Å². The lowest BCUT2D eigenvalue weighted by Crippen LogP contribution is -2.01. The molecule has 0 aromatic heterocycles. The smallest absolute Gasteiger partial charge is 0.223 e. The van der Waals surface area contributed by atoms with Gasteiger partial charge >= 0.3 is 0 Å². The van der Waals surface area contributed by atoms with Crippen molar-refractivity contribution in [3.05, 3.63) is 52.7 Å². The van der Waals surface area contributed by atoms with E-state index < -0.39 is 22.7 Å². The van der Waals surface area contributed by atoms with Crippen LogP contribution in [0.3, 0.4) is 0 Å². The number of phenols is 5. The second kappa shape index (κ2) is 5.32. The van der Waals surface area contributed by atoms with E-state index in [0.717, 1.165) is 12.1 Å². The van der Waals surface area contributed by atoms with Gasteiger partial charge in [0, 0.05) is 40.3 Å². The molecule has 2 aliphatic rings. The number of benzene rings is 3. The molecule has 0 spiro atoms. The summed E-state index contributed by atoms with van der Waals surface area (Å²) in [5, 5.41) is 49.6. The standard InChI is InChI=1S/C19H12O7/c20-8-1-2-9(12(21)3-8)19-10-4-13(22)15(24)6-17(10)26-18-7-16(25)14(23)5-11(18)19/h1-7,20-24H. The summed E-state index contributed by atoms with van der Waals surface area (Å²) in [4.78, 5) is 11.8. The van der Waals surface area contributed by atoms with Gasteiger partial charge in [-0.25, -0.2) is 0 Å². The Morgan fingerprint density at radius 3 is 2.15 bits per heavy atom. The maximum absolute atomic E-state index is 11.8. The Kier molecular flexibility index (Phi) is 3.20. The van der Waals surface area contributed by atoms with Crippen LogP contribution in [0.25, 0.3) is 33.4 Å². The van der Waals surface area contributed by atoms with Crippen LogP contribution in [0.5, 0.6) is 28.7 Å². The van der Waals surface area contributed by atoms with Crippen molar-refractivity contribution in [2.75, 3.05) is 0 Å². The highest BCUT2D eigenvalue weighted by molar-refractivity contribution is 6.04. The Hall–Kier alpha value is -3.87. The highest BCUT2D eigenvalue weighted by atomic mass is 16.3. The molecule has 1 aliphatic carbocycles. The molecule has 0 unspecified atom stereocenters. The van der Waals surface area contributed by atoms with Gasteiger partial charge in [-0.1, -0.05) is 0 Å². The van der Waals surface area contributed by atoms with E-state index in [1.165, 1.54) is 30.3 Å². The second-order valence-corrected chi connectivity index (χ2v) is 5.83. The fourth-order valence-corrected chi connectivity index (χ4v) is 2.95. The van der Waals surface area contributed by atoms with E-state index in [9.17, 15) is 30.3 Å². The highest BCUT2D eigenvalue weighted by Gasteiger charge is 2.22. The van der Waals surface area contributed by atoms with Crippen LogP contribution in [0.4, 0.5) is 0 Å². The molecule has 2 aromatic rings. The lowest BCUT2D eigenvalue weighted by atomic mass is 9.92. The van der Waals surface area contributed by atoms with Crippen molar-refractivity contribution < 1.29 is 29.9 Å². The van der Waals surface area contributed by atoms with E-state index in [1.807, 2.05) is 0 Å². The number of aromatic hydroxyl groups is 5. The van der Waals surface area contributed by atoms with Gasteiger partial charge in [0.15, 0.2) is 17.2 Å². The maximum atomic E-state index is 11.8. The molecule has 0 amide bonds. The molecular weight excluding hydrogens is 340 g/mol. The molecule has 0 bridgehead atoms.